The van der Waals surface area contributed by atoms with Gasteiger partial charge in [0.2, 0.25) is 0 Å². The van der Waals surface area contributed by atoms with Gasteiger partial charge in [-0.3, -0.25) is 10.00 Å². The van der Waals surface area contributed by atoms with Crippen LogP contribution in [0.2, 0.25) is 0 Å². The van der Waals surface area contributed by atoms with Crippen molar-refractivity contribution in [1.82, 2.24) is 14.7 Å². The topological polar surface area (TPSA) is 50.2 Å². The molecule has 0 unspecified atom stereocenters. The molecule has 1 aromatic heterocycles. The molecule has 0 bridgehead atoms. The van der Waals surface area contributed by atoms with Crippen LogP contribution in [0.15, 0.2) is 41.4 Å². The maximum Gasteiger partial charge on any atom is 0.322 e. The third-order valence-corrected chi connectivity index (χ3v) is 6.35. The van der Waals surface area contributed by atoms with Gasteiger partial charge in [-0.1, -0.05) is 19.9 Å². The van der Waals surface area contributed by atoms with Gasteiger partial charge in [0, 0.05) is 35.8 Å². The second kappa shape index (κ2) is 7.70. The molecule has 0 spiro atoms. The molecule has 0 saturated carbocycles. The number of hydrogen-bond donors (Lipinski definition) is 1. The van der Waals surface area contributed by atoms with Crippen LogP contribution in [0.3, 0.4) is 0 Å². The van der Waals surface area contributed by atoms with Gasteiger partial charge in [0.05, 0.1) is 6.20 Å². The number of likely N-dealkylation sites (tertiary alicyclic amines) is 1. The van der Waals surface area contributed by atoms with Crippen molar-refractivity contribution < 1.29 is 9.18 Å². The lowest BCUT2D eigenvalue weighted by atomic mass is 9.86. The molecule has 1 saturated heterocycles. The number of aromatic nitrogens is 2. The highest BCUT2D eigenvalue weighted by molar-refractivity contribution is 8.00. The number of nitrogens with zero attached hydrogens (tertiary/aromatic N) is 3. The number of nitrogens with one attached hydrogen (secondary N) is 1. The van der Waals surface area contributed by atoms with E-state index >= 15 is 0 Å². The molecule has 0 atom stereocenters. The SMILES string of the molecule is Cn1nccc1NC(=O)N1CCC(C(C)(C)Sc2cccc(F)c2)CC1. The van der Waals surface area contributed by atoms with Crippen LogP contribution < -0.4 is 5.32 Å². The van der Waals surface area contributed by atoms with Crippen molar-refractivity contribution in [3.63, 3.8) is 0 Å². The van der Waals surface area contributed by atoms with E-state index in [4.69, 9.17) is 0 Å². The summed E-state index contributed by atoms with van der Waals surface area (Å²) in [6, 6.07) is 8.45. The maximum atomic E-state index is 13.4. The molecule has 1 fully saturated rings. The first-order valence-corrected chi connectivity index (χ1v) is 9.65. The summed E-state index contributed by atoms with van der Waals surface area (Å²) in [5.41, 5.74) is 0. The summed E-state index contributed by atoms with van der Waals surface area (Å²) in [7, 11) is 1.80. The monoisotopic (exact) mass is 376 g/mol. The summed E-state index contributed by atoms with van der Waals surface area (Å²) >= 11 is 1.71. The number of carbonyl (C=O) groups excluding carboxylic acids is 1. The molecule has 2 heterocycles. The van der Waals surface area contributed by atoms with E-state index in [2.05, 4.69) is 24.3 Å². The van der Waals surface area contributed by atoms with Crippen LogP contribution in [0.4, 0.5) is 15.0 Å². The van der Waals surface area contributed by atoms with Crippen molar-refractivity contribution in [2.45, 2.75) is 36.3 Å². The van der Waals surface area contributed by atoms with Gasteiger partial charge in [0.1, 0.15) is 11.6 Å². The Hall–Kier alpha value is -2.02. The number of urea groups is 1. The fourth-order valence-corrected chi connectivity index (χ4v) is 4.71. The van der Waals surface area contributed by atoms with E-state index in [1.165, 1.54) is 6.07 Å². The molecule has 0 radical (unpaired) electrons. The minimum atomic E-state index is -0.201. The predicted molar refractivity (Wildman–Crippen MR) is 103 cm³/mol. The molecule has 1 aliphatic rings. The lowest BCUT2D eigenvalue weighted by molar-refractivity contribution is 0.173. The van der Waals surface area contributed by atoms with Crippen molar-refractivity contribution in [2.75, 3.05) is 18.4 Å². The smallest absolute Gasteiger partial charge is 0.322 e. The average molecular weight is 377 g/mol. The third-order valence-electron chi connectivity index (χ3n) is 5.00. The second-order valence-electron chi connectivity index (χ2n) is 7.19. The van der Waals surface area contributed by atoms with Crippen molar-refractivity contribution in [2.24, 2.45) is 13.0 Å². The van der Waals surface area contributed by atoms with Gasteiger partial charge in [-0.25, -0.2) is 9.18 Å². The van der Waals surface area contributed by atoms with Crippen LogP contribution in [0.1, 0.15) is 26.7 Å². The summed E-state index contributed by atoms with van der Waals surface area (Å²) in [5.74, 6) is 0.961. The second-order valence-corrected chi connectivity index (χ2v) is 8.92. The Kier molecular flexibility index (Phi) is 5.55. The molecule has 26 heavy (non-hydrogen) atoms. The summed E-state index contributed by atoms with van der Waals surface area (Å²) in [4.78, 5) is 15.2. The number of benzene rings is 1. The third kappa shape index (κ3) is 4.38. The lowest BCUT2D eigenvalue weighted by Crippen LogP contribution is -2.45. The van der Waals surface area contributed by atoms with Crippen LogP contribution >= 0.6 is 11.8 Å². The zero-order valence-electron chi connectivity index (χ0n) is 15.4. The van der Waals surface area contributed by atoms with Gasteiger partial charge < -0.3 is 4.90 Å². The van der Waals surface area contributed by atoms with E-state index in [0.717, 1.165) is 30.8 Å². The molecule has 2 aromatic rings. The fraction of sp³-hybridized carbons (Fsp3) is 0.474. The minimum absolute atomic E-state index is 0.0155. The Morgan fingerprint density at radius 2 is 2.04 bits per heavy atom. The molecule has 2 amide bonds. The van der Waals surface area contributed by atoms with Crippen LogP contribution in [-0.4, -0.2) is 38.5 Å². The zero-order valence-corrected chi connectivity index (χ0v) is 16.2. The normalized spacial score (nSPS) is 15.9. The molecule has 140 valence electrons. The number of carbonyl (C=O) groups is 1. The van der Waals surface area contributed by atoms with Gasteiger partial charge in [-0.05, 0) is 37.0 Å². The van der Waals surface area contributed by atoms with Crippen LogP contribution in [-0.2, 0) is 7.05 Å². The molecule has 1 aliphatic heterocycles. The van der Waals surface area contributed by atoms with E-state index in [1.54, 1.807) is 47.9 Å². The highest BCUT2D eigenvalue weighted by Gasteiger charge is 2.34. The van der Waals surface area contributed by atoms with Crippen LogP contribution in [0, 0.1) is 11.7 Å². The first kappa shape index (κ1) is 18.8. The van der Waals surface area contributed by atoms with Gasteiger partial charge in [-0.2, -0.15) is 5.10 Å². The number of rotatable bonds is 4. The molecule has 5 nitrogen and oxygen atoms in total. The molecule has 1 aromatic carbocycles. The highest BCUT2D eigenvalue weighted by Crippen LogP contribution is 2.42. The Morgan fingerprint density at radius 1 is 1.31 bits per heavy atom. The number of aryl methyl sites for hydroxylation is 1. The first-order valence-electron chi connectivity index (χ1n) is 8.83. The highest BCUT2D eigenvalue weighted by atomic mass is 32.2. The molecule has 7 heteroatoms. The number of halogens is 1. The van der Waals surface area contributed by atoms with Crippen molar-refractivity contribution in [3.8, 4) is 0 Å². The average Bonchev–Trinajstić information content (AvgIpc) is 2.99. The molecular formula is C19H25FN4OS. The largest absolute Gasteiger partial charge is 0.324 e. The maximum absolute atomic E-state index is 13.4. The molecular weight excluding hydrogens is 351 g/mol. The summed E-state index contributed by atoms with van der Waals surface area (Å²) < 4.78 is 15.1. The van der Waals surface area contributed by atoms with Crippen molar-refractivity contribution in [1.29, 1.82) is 0 Å². The van der Waals surface area contributed by atoms with E-state index in [0.29, 0.717) is 11.7 Å². The number of thioether (sulfide) groups is 1. The fourth-order valence-electron chi connectivity index (χ4n) is 3.38. The van der Waals surface area contributed by atoms with E-state index in [9.17, 15) is 9.18 Å². The van der Waals surface area contributed by atoms with Crippen LogP contribution in [0.25, 0.3) is 0 Å². The standard InChI is InChI=1S/C19H25FN4OS/c1-19(2,26-16-6-4-5-15(20)13-16)14-8-11-24(12-9-14)18(25)22-17-7-10-21-23(17)3/h4-7,10,13-14H,8-9,11-12H2,1-3H3,(H,22,25). The number of piperidine rings is 1. The molecule has 1 N–H and O–H groups in total. The summed E-state index contributed by atoms with van der Waals surface area (Å²) in [6.07, 6.45) is 3.54. The lowest BCUT2D eigenvalue weighted by Gasteiger charge is -2.40. The van der Waals surface area contributed by atoms with Crippen LogP contribution in [0.5, 0.6) is 0 Å². The van der Waals surface area contributed by atoms with Crippen molar-refractivity contribution >= 4 is 23.6 Å². The van der Waals surface area contributed by atoms with E-state index in [-0.39, 0.29) is 16.6 Å². The number of amides is 2. The zero-order chi connectivity index (χ0) is 18.7. The van der Waals surface area contributed by atoms with E-state index < -0.39 is 0 Å². The van der Waals surface area contributed by atoms with Gasteiger partial charge in [-0.15, -0.1) is 11.8 Å². The Bertz CT molecular complexity index is 768. The van der Waals surface area contributed by atoms with E-state index in [1.807, 2.05) is 11.0 Å². The molecule has 3 rings (SSSR count). The Morgan fingerprint density at radius 3 is 2.65 bits per heavy atom. The molecule has 0 aliphatic carbocycles. The Labute approximate surface area is 157 Å². The summed E-state index contributed by atoms with van der Waals surface area (Å²) in [6.45, 7) is 5.86. The number of anilines is 1. The minimum Gasteiger partial charge on any atom is -0.324 e. The van der Waals surface area contributed by atoms with Gasteiger partial charge in [0.25, 0.3) is 0 Å². The van der Waals surface area contributed by atoms with Gasteiger partial charge in [0.15, 0.2) is 0 Å². The Balaban J connectivity index is 1.55. The van der Waals surface area contributed by atoms with Crippen molar-refractivity contribution in [3.05, 3.63) is 42.3 Å². The number of hydrogen-bond acceptors (Lipinski definition) is 3. The van der Waals surface area contributed by atoms with Gasteiger partial charge >= 0.3 is 6.03 Å². The first-order chi connectivity index (χ1) is 12.3. The quantitative estimate of drug-likeness (QED) is 0.806. The summed E-state index contributed by atoms with van der Waals surface area (Å²) in [5, 5.41) is 6.96. The predicted octanol–water partition coefficient (Wildman–Crippen LogP) is 4.37.